The van der Waals surface area contributed by atoms with Gasteiger partial charge in [-0.1, -0.05) is 18.2 Å². The van der Waals surface area contributed by atoms with E-state index in [1.165, 1.54) is 4.68 Å². The minimum Gasteiger partial charge on any atom is -0.322 e. The Morgan fingerprint density at radius 1 is 0.917 bits per heavy atom. The van der Waals surface area contributed by atoms with Crippen LogP contribution >= 0.6 is 0 Å². The summed E-state index contributed by atoms with van der Waals surface area (Å²) < 4.78 is 1.38. The van der Waals surface area contributed by atoms with Crippen molar-refractivity contribution in [3.63, 3.8) is 0 Å². The van der Waals surface area contributed by atoms with Crippen LogP contribution in [-0.4, -0.2) is 21.6 Å². The highest BCUT2D eigenvalue weighted by atomic mass is 16.2. The van der Waals surface area contributed by atoms with Crippen molar-refractivity contribution < 1.29 is 9.59 Å². The minimum absolute atomic E-state index is 0.187. The Hall–Kier alpha value is -3.21. The number of nitrogens with zero attached hydrogens (tertiary/aromatic N) is 2. The second kappa shape index (κ2) is 6.50. The minimum atomic E-state index is -0.193. The van der Waals surface area contributed by atoms with Crippen molar-refractivity contribution in [2.75, 3.05) is 5.32 Å². The maximum Gasteiger partial charge on any atom is 0.278 e. The van der Waals surface area contributed by atoms with E-state index in [0.29, 0.717) is 16.8 Å². The van der Waals surface area contributed by atoms with Crippen molar-refractivity contribution in [3.05, 3.63) is 83.2 Å². The van der Waals surface area contributed by atoms with E-state index in [2.05, 4.69) is 10.4 Å². The molecule has 1 heterocycles. The van der Waals surface area contributed by atoms with Crippen molar-refractivity contribution in [2.24, 2.45) is 0 Å². The van der Waals surface area contributed by atoms with Gasteiger partial charge in [-0.25, -0.2) is 4.68 Å². The van der Waals surface area contributed by atoms with Crippen LogP contribution in [0.5, 0.6) is 0 Å². The Morgan fingerprint density at radius 2 is 1.58 bits per heavy atom. The molecule has 0 saturated heterocycles. The molecular weight excluding hydrogens is 302 g/mol. The van der Waals surface area contributed by atoms with Crippen molar-refractivity contribution in [1.29, 1.82) is 0 Å². The number of anilines is 1. The highest BCUT2D eigenvalue weighted by Gasteiger charge is 2.13. The van der Waals surface area contributed by atoms with E-state index in [0.717, 1.165) is 11.4 Å². The molecule has 0 spiro atoms. The lowest BCUT2D eigenvalue weighted by molar-refractivity contribution is 0.0942. The summed E-state index contributed by atoms with van der Waals surface area (Å²) >= 11 is 0. The molecular formula is C19H17N3O2. The van der Waals surface area contributed by atoms with Gasteiger partial charge in [0.05, 0.1) is 5.69 Å². The summed E-state index contributed by atoms with van der Waals surface area (Å²) in [6.45, 7) is 3.69. The number of carbonyl (C=O) groups is 2. The zero-order chi connectivity index (χ0) is 17.1. The number of aryl methyl sites for hydroxylation is 2. The SMILES string of the molecule is Cc1cc(C)n(C(=O)c2ccc(NC(=O)c3ccccc3)cc2)n1. The van der Waals surface area contributed by atoms with Gasteiger partial charge in [-0.3, -0.25) is 9.59 Å². The van der Waals surface area contributed by atoms with Crippen molar-refractivity contribution in [3.8, 4) is 0 Å². The summed E-state index contributed by atoms with van der Waals surface area (Å²) in [5.74, 6) is -0.380. The molecule has 24 heavy (non-hydrogen) atoms. The van der Waals surface area contributed by atoms with Crippen molar-refractivity contribution in [1.82, 2.24) is 9.78 Å². The first-order valence-electron chi connectivity index (χ1n) is 7.59. The van der Waals surface area contributed by atoms with Gasteiger partial charge in [-0.05, 0) is 56.3 Å². The quantitative estimate of drug-likeness (QED) is 0.804. The van der Waals surface area contributed by atoms with Gasteiger partial charge >= 0.3 is 0 Å². The fourth-order valence-electron chi connectivity index (χ4n) is 2.45. The van der Waals surface area contributed by atoms with Crippen LogP contribution in [-0.2, 0) is 0 Å². The fraction of sp³-hybridized carbons (Fsp3) is 0.105. The van der Waals surface area contributed by atoms with Crippen LogP contribution in [0.1, 0.15) is 32.1 Å². The zero-order valence-corrected chi connectivity index (χ0v) is 13.5. The Labute approximate surface area is 139 Å². The van der Waals surface area contributed by atoms with E-state index >= 15 is 0 Å². The number of aromatic nitrogens is 2. The summed E-state index contributed by atoms with van der Waals surface area (Å²) in [5.41, 5.74) is 3.32. The van der Waals surface area contributed by atoms with Crippen molar-refractivity contribution in [2.45, 2.75) is 13.8 Å². The number of nitrogens with one attached hydrogen (secondary N) is 1. The Bertz CT molecular complexity index is 881. The van der Waals surface area contributed by atoms with Gasteiger partial charge < -0.3 is 5.32 Å². The first-order chi connectivity index (χ1) is 11.5. The largest absolute Gasteiger partial charge is 0.322 e. The lowest BCUT2D eigenvalue weighted by Gasteiger charge is -2.07. The second-order valence-electron chi connectivity index (χ2n) is 5.54. The van der Waals surface area contributed by atoms with Gasteiger partial charge in [-0.15, -0.1) is 0 Å². The third-order valence-electron chi connectivity index (χ3n) is 3.63. The Kier molecular flexibility index (Phi) is 4.24. The average molecular weight is 319 g/mol. The second-order valence-corrected chi connectivity index (χ2v) is 5.54. The standard InChI is InChI=1S/C19H17N3O2/c1-13-12-14(2)22(21-13)19(24)16-8-10-17(11-9-16)20-18(23)15-6-4-3-5-7-15/h3-12H,1-2H3,(H,20,23). The first-order valence-corrected chi connectivity index (χ1v) is 7.59. The molecule has 5 heteroatoms. The molecule has 1 amide bonds. The van der Waals surface area contributed by atoms with E-state index in [4.69, 9.17) is 0 Å². The fourth-order valence-corrected chi connectivity index (χ4v) is 2.45. The van der Waals surface area contributed by atoms with Gasteiger partial charge in [0, 0.05) is 22.5 Å². The molecule has 5 nitrogen and oxygen atoms in total. The molecule has 1 N–H and O–H groups in total. The molecule has 0 fully saturated rings. The summed E-state index contributed by atoms with van der Waals surface area (Å²) in [6.07, 6.45) is 0. The van der Waals surface area contributed by atoms with Crippen LogP contribution in [0.25, 0.3) is 0 Å². The molecule has 0 saturated carbocycles. The van der Waals surface area contributed by atoms with Gasteiger partial charge in [-0.2, -0.15) is 5.10 Å². The molecule has 0 atom stereocenters. The van der Waals surface area contributed by atoms with Crippen LogP contribution in [0.2, 0.25) is 0 Å². The number of benzene rings is 2. The van der Waals surface area contributed by atoms with E-state index < -0.39 is 0 Å². The van der Waals surface area contributed by atoms with E-state index in [9.17, 15) is 9.59 Å². The highest BCUT2D eigenvalue weighted by molar-refractivity contribution is 6.04. The molecule has 0 bridgehead atoms. The van der Waals surface area contributed by atoms with E-state index in [1.807, 2.05) is 38.1 Å². The molecule has 1 aromatic heterocycles. The molecule has 3 aromatic rings. The number of carbonyl (C=O) groups excluding carboxylic acids is 2. The predicted molar refractivity (Wildman–Crippen MR) is 92.3 cm³/mol. The topological polar surface area (TPSA) is 64.0 Å². The zero-order valence-electron chi connectivity index (χ0n) is 13.5. The van der Waals surface area contributed by atoms with E-state index in [1.54, 1.807) is 36.4 Å². The summed E-state index contributed by atoms with van der Waals surface area (Å²) in [6, 6.07) is 17.6. The lowest BCUT2D eigenvalue weighted by Crippen LogP contribution is -2.16. The van der Waals surface area contributed by atoms with Crippen LogP contribution in [0.3, 0.4) is 0 Å². The average Bonchev–Trinajstić information content (AvgIpc) is 2.94. The summed E-state index contributed by atoms with van der Waals surface area (Å²) in [7, 11) is 0. The van der Waals surface area contributed by atoms with Gasteiger partial charge in [0.1, 0.15) is 0 Å². The van der Waals surface area contributed by atoms with Gasteiger partial charge in [0.15, 0.2) is 0 Å². The van der Waals surface area contributed by atoms with Crippen LogP contribution < -0.4 is 5.32 Å². The number of rotatable bonds is 3. The maximum absolute atomic E-state index is 12.4. The van der Waals surface area contributed by atoms with E-state index in [-0.39, 0.29) is 11.8 Å². The molecule has 0 unspecified atom stereocenters. The molecule has 3 rings (SSSR count). The van der Waals surface area contributed by atoms with Crippen LogP contribution in [0, 0.1) is 13.8 Å². The maximum atomic E-state index is 12.4. The highest BCUT2D eigenvalue weighted by Crippen LogP contribution is 2.13. The summed E-state index contributed by atoms with van der Waals surface area (Å²) in [5, 5.41) is 7.00. The van der Waals surface area contributed by atoms with Gasteiger partial charge in [0.25, 0.3) is 11.8 Å². The van der Waals surface area contributed by atoms with Crippen molar-refractivity contribution >= 4 is 17.5 Å². The molecule has 0 aliphatic heterocycles. The molecule has 120 valence electrons. The first kappa shape index (κ1) is 15.7. The van der Waals surface area contributed by atoms with Gasteiger partial charge in [0.2, 0.25) is 0 Å². The molecule has 0 aliphatic carbocycles. The predicted octanol–water partition coefficient (Wildman–Crippen LogP) is 3.44. The molecule has 2 aromatic carbocycles. The van der Waals surface area contributed by atoms with Crippen LogP contribution in [0.15, 0.2) is 60.7 Å². The third kappa shape index (κ3) is 3.25. The Balaban J connectivity index is 1.75. The lowest BCUT2D eigenvalue weighted by atomic mass is 10.1. The monoisotopic (exact) mass is 319 g/mol. The number of hydrogen-bond acceptors (Lipinski definition) is 3. The third-order valence-corrected chi connectivity index (χ3v) is 3.63. The van der Waals surface area contributed by atoms with Crippen LogP contribution in [0.4, 0.5) is 5.69 Å². The smallest absolute Gasteiger partial charge is 0.278 e. The summed E-state index contributed by atoms with van der Waals surface area (Å²) in [4.78, 5) is 24.6. The molecule has 0 aliphatic rings. The number of amides is 1. The Morgan fingerprint density at radius 3 is 2.17 bits per heavy atom. The number of hydrogen-bond donors (Lipinski definition) is 1. The molecule has 0 radical (unpaired) electrons. The normalized spacial score (nSPS) is 10.4.